The van der Waals surface area contributed by atoms with E-state index in [1.54, 1.807) is 6.20 Å². The molecule has 0 aliphatic carbocycles. The third-order valence-electron chi connectivity index (χ3n) is 3.05. The summed E-state index contributed by atoms with van der Waals surface area (Å²) in [5.41, 5.74) is 0.855. The van der Waals surface area contributed by atoms with E-state index in [0.717, 1.165) is 32.4 Å². The van der Waals surface area contributed by atoms with Crippen molar-refractivity contribution in [2.45, 2.75) is 32.6 Å². The molecule has 1 aromatic heterocycles. The molecule has 18 heavy (non-hydrogen) atoms. The molecule has 1 aromatic rings. The first-order valence-corrected chi connectivity index (χ1v) is 6.24. The van der Waals surface area contributed by atoms with Crippen LogP contribution in [0.4, 0.5) is 5.95 Å². The summed E-state index contributed by atoms with van der Waals surface area (Å²) in [7, 11) is 0. The lowest BCUT2D eigenvalue weighted by molar-refractivity contribution is 0.0995. The van der Waals surface area contributed by atoms with Crippen LogP contribution in [0.3, 0.4) is 0 Å². The molecule has 6 nitrogen and oxygen atoms in total. The number of anilines is 1. The Morgan fingerprint density at radius 1 is 1.44 bits per heavy atom. The Hall–Kier alpha value is -1.85. The Morgan fingerprint density at radius 2 is 2.17 bits per heavy atom. The maximum atomic E-state index is 11.5. The first-order chi connectivity index (χ1) is 8.76. The lowest BCUT2D eigenvalue weighted by Gasteiger charge is -2.16. The fourth-order valence-corrected chi connectivity index (χ4v) is 2.15. The molecule has 6 heteroatoms. The second-order valence-corrected chi connectivity index (χ2v) is 4.38. The number of aromatic nitrogens is 2. The van der Waals surface area contributed by atoms with E-state index >= 15 is 0 Å². The number of hydrogen-bond donors (Lipinski definition) is 0. The highest BCUT2D eigenvalue weighted by molar-refractivity contribution is 5.94. The Morgan fingerprint density at radius 3 is 2.78 bits per heavy atom. The summed E-state index contributed by atoms with van der Waals surface area (Å²) in [4.78, 5) is 32.4. The van der Waals surface area contributed by atoms with Gasteiger partial charge in [-0.1, -0.05) is 13.3 Å². The van der Waals surface area contributed by atoms with Crippen LogP contribution >= 0.6 is 0 Å². The van der Waals surface area contributed by atoms with E-state index < -0.39 is 5.91 Å². The van der Waals surface area contributed by atoms with Crippen molar-refractivity contribution in [2.24, 2.45) is 5.18 Å². The summed E-state index contributed by atoms with van der Waals surface area (Å²) in [6.45, 7) is 3.79. The van der Waals surface area contributed by atoms with Gasteiger partial charge in [0.15, 0.2) is 0 Å². The minimum atomic E-state index is -0.804. The minimum absolute atomic E-state index is 0.156. The van der Waals surface area contributed by atoms with Gasteiger partial charge in [0.1, 0.15) is 5.69 Å². The SMILES string of the molecule is CCCc1cnc(N2CCCC2)nc1C(=O)N=O. The summed E-state index contributed by atoms with van der Waals surface area (Å²) in [5.74, 6) is -0.277. The molecule has 0 spiro atoms. The number of nitrogens with zero attached hydrogens (tertiary/aromatic N) is 4. The predicted molar refractivity (Wildman–Crippen MR) is 67.6 cm³/mol. The highest BCUT2D eigenvalue weighted by Gasteiger charge is 2.20. The molecule has 0 saturated carbocycles. The smallest absolute Gasteiger partial charge is 0.335 e. The molecular weight excluding hydrogens is 232 g/mol. The number of carbonyl (C=O) groups excluding carboxylic acids is 1. The maximum Gasteiger partial charge on any atom is 0.335 e. The van der Waals surface area contributed by atoms with Crippen molar-refractivity contribution in [3.05, 3.63) is 22.4 Å². The molecule has 1 saturated heterocycles. The van der Waals surface area contributed by atoms with Gasteiger partial charge in [0, 0.05) is 30.0 Å². The molecule has 0 N–H and O–H groups in total. The van der Waals surface area contributed by atoms with Crippen LogP contribution in [0.5, 0.6) is 0 Å². The van der Waals surface area contributed by atoms with Crippen molar-refractivity contribution in [1.82, 2.24) is 9.97 Å². The number of rotatable bonds is 4. The lowest BCUT2D eigenvalue weighted by atomic mass is 10.1. The molecule has 0 bridgehead atoms. The number of carbonyl (C=O) groups is 1. The van der Waals surface area contributed by atoms with E-state index in [1.165, 1.54) is 0 Å². The number of aryl methyl sites for hydroxylation is 1. The first kappa shape index (κ1) is 12.6. The number of amides is 1. The van der Waals surface area contributed by atoms with Crippen LogP contribution in [-0.2, 0) is 6.42 Å². The van der Waals surface area contributed by atoms with Gasteiger partial charge in [0.25, 0.3) is 0 Å². The quantitative estimate of drug-likeness (QED) is 0.761. The van der Waals surface area contributed by atoms with E-state index in [0.29, 0.717) is 17.9 Å². The summed E-state index contributed by atoms with van der Waals surface area (Å²) in [5, 5.41) is 2.47. The van der Waals surface area contributed by atoms with Gasteiger partial charge in [-0.15, -0.1) is 4.91 Å². The Labute approximate surface area is 105 Å². The van der Waals surface area contributed by atoms with Crippen molar-refractivity contribution in [2.75, 3.05) is 18.0 Å². The highest BCUT2D eigenvalue weighted by atomic mass is 16.3. The molecule has 96 valence electrons. The van der Waals surface area contributed by atoms with Crippen LogP contribution in [-0.4, -0.2) is 29.0 Å². The molecule has 2 rings (SSSR count). The zero-order valence-corrected chi connectivity index (χ0v) is 10.4. The minimum Gasteiger partial charge on any atom is -0.341 e. The van der Waals surface area contributed by atoms with E-state index in [4.69, 9.17) is 0 Å². The van der Waals surface area contributed by atoms with Crippen molar-refractivity contribution in [3.8, 4) is 0 Å². The van der Waals surface area contributed by atoms with Gasteiger partial charge in [-0.3, -0.25) is 4.79 Å². The zero-order valence-electron chi connectivity index (χ0n) is 10.4. The third-order valence-corrected chi connectivity index (χ3v) is 3.05. The van der Waals surface area contributed by atoms with Gasteiger partial charge in [0.05, 0.1) is 0 Å². The molecular formula is C12H16N4O2. The van der Waals surface area contributed by atoms with Crippen LogP contribution in [0.2, 0.25) is 0 Å². The van der Waals surface area contributed by atoms with Crippen LogP contribution in [0.25, 0.3) is 0 Å². The predicted octanol–water partition coefficient (Wildman–Crippen LogP) is 1.94. The zero-order chi connectivity index (χ0) is 13.0. The average molecular weight is 248 g/mol. The monoisotopic (exact) mass is 248 g/mol. The highest BCUT2D eigenvalue weighted by Crippen LogP contribution is 2.18. The van der Waals surface area contributed by atoms with E-state index in [2.05, 4.69) is 15.1 Å². The molecule has 0 aromatic carbocycles. The molecule has 1 amide bonds. The van der Waals surface area contributed by atoms with Crippen molar-refractivity contribution in [3.63, 3.8) is 0 Å². The molecule has 0 atom stereocenters. The van der Waals surface area contributed by atoms with Crippen LogP contribution in [0.15, 0.2) is 11.4 Å². The lowest BCUT2D eigenvalue weighted by Crippen LogP contribution is -2.22. The summed E-state index contributed by atoms with van der Waals surface area (Å²) in [6, 6.07) is 0. The van der Waals surface area contributed by atoms with E-state index in [9.17, 15) is 9.70 Å². The van der Waals surface area contributed by atoms with Crippen molar-refractivity contribution >= 4 is 11.9 Å². The molecule has 0 unspecified atom stereocenters. The first-order valence-electron chi connectivity index (χ1n) is 6.24. The fraction of sp³-hybridized carbons (Fsp3) is 0.583. The second-order valence-electron chi connectivity index (χ2n) is 4.38. The van der Waals surface area contributed by atoms with Crippen LogP contribution < -0.4 is 4.90 Å². The van der Waals surface area contributed by atoms with Gasteiger partial charge in [-0.05, 0) is 19.3 Å². The standard InChI is InChI=1S/C12H16N4O2/c1-2-5-9-8-13-12(16-6-3-4-7-16)14-10(9)11(17)15-18/h8H,2-7H2,1H3. The summed E-state index contributed by atoms with van der Waals surface area (Å²) >= 11 is 0. The fourth-order valence-electron chi connectivity index (χ4n) is 2.15. The maximum absolute atomic E-state index is 11.5. The average Bonchev–Trinajstić information content (AvgIpc) is 2.92. The number of nitroso groups, excluding NO2 is 1. The summed E-state index contributed by atoms with van der Waals surface area (Å²) in [6.07, 6.45) is 5.40. The van der Waals surface area contributed by atoms with Crippen molar-refractivity contribution < 1.29 is 4.79 Å². The summed E-state index contributed by atoms with van der Waals surface area (Å²) < 4.78 is 0. The van der Waals surface area contributed by atoms with Gasteiger partial charge >= 0.3 is 5.91 Å². The Kier molecular flexibility index (Phi) is 3.96. The molecule has 1 fully saturated rings. The Balaban J connectivity index is 2.34. The van der Waals surface area contributed by atoms with E-state index in [-0.39, 0.29) is 5.69 Å². The van der Waals surface area contributed by atoms with Gasteiger partial charge in [-0.2, -0.15) is 0 Å². The Bertz CT molecular complexity index is 455. The third kappa shape index (κ3) is 2.52. The molecule has 2 heterocycles. The largest absolute Gasteiger partial charge is 0.341 e. The topological polar surface area (TPSA) is 75.5 Å². The van der Waals surface area contributed by atoms with Gasteiger partial charge < -0.3 is 4.90 Å². The second kappa shape index (κ2) is 5.66. The molecule has 0 radical (unpaired) electrons. The van der Waals surface area contributed by atoms with Crippen LogP contribution in [0.1, 0.15) is 42.2 Å². The molecule has 1 aliphatic heterocycles. The van der Waals surface area contributed by atoms with E-state index in [1.807, 2.05) is 11.8 Å². The van der Waals surface area contributed by atoms with Gasteiger partial charge in [-0.25, -0.2) is 9.97 Å². The number of hydrogen-bond acceptors (Lipinski definition) is 5. The normalized spacial score (nSPS) is 14.8. The van der Waals surface area contributed by atoms with Gasteiger partial charge in [0.2, 0.25) is 5.95 Å². The van der Waals surface area contributed by atoms with Crippen molar-refractivity contribution in [1.29, 1.82) is 0 Å². The molecule has 1 aliphatic rings. The van der Waals surface area contributed by atoms with Crippen LogP contribution in [0, 0.1) is 4.91 Å².